The van der Waals surface area contributed by atoms with Gasteiger partial charge in [0, 0.05) is 27.9 Å². The summed E-state index contributed by atoms with van der Waals surface area (Å²) < 4.78 is 8.56. The molecule has 1 N–H and O–H groups in total. The summed E-state index contributed by atoms with van der Waals surface area (Å²) in [5.74, 6) is -0.440. The molecule has 116 valence electrons. The van der Waals surface area contributed by atoms with Gasteiger partial charge in [-0.2, -0.15) is 0 Å². The van der Waals surface area contributed by atoms with E-state index in [1.54, 1.807) is 18.2 Å². The largest absolute Gasteiger partial charge is 0.461 e. The normalized spacial score (nSPS) is 11.1. The van der Waals surface area contributed by atoms with Gasteiger partial charge in [0.1, 0.15) is 6.61 Å². The van der Waals surface area contributed by atoms with Crippen LogP contribution in [0.5, 0.6) is 0 Å². The average Bonchev–Trinajstić information content (AvgIpc) is 2.35. The summed E-state index contributed by atoms with van der Waals surface area (Å²) in [5.41, 5.74) is 1.41. The van der Waals surface area contributed by atoms with E-state index in [0.717, 1.165) is 15.4 Å². The molecule has 1 aromatic rings. The van der Waals surface area contributed by atoms with Crippen molar-refractivity contribution < 1.29 is 14.3 Å². The van der Waals surface area contributed by atoms with Crippen LogP contribution in [0.1, 0.15) is 22.8 Å². The highest BCUT2D eigenvalue weighted by Gasteiger charge is 2.15. The Morgan fingerprint density at radius 3 is 2.52 bits per heavy atom. The highest BCUT2D eigenvalue weighted by atomic mass is 79.9. The standard InChI is InChI=1S/C14H20BrNO3SSi/c1-10(17)19-8-12-6-5-11(7-13(12)15)14(18)16-20-9-21(2,3)4/h5-7H,8-9H2,1-4H3,(H,16,18). The Morgan fingerprint density at radius 1 is 1.33 bits per heavy atom. The topological polar surface area (TPSA) is 55.4 Å². The second-order valence-corrected chi connectivity index (χ2v) is 13.5. The van der Waals surface area contributed by atoms with Crippen molar-refractivity contribution in [1.82, 2.24) is 4.72 Å². The van der Waals surface area contributed by atoms with Crippen molar-refractivity contribution in [2.45, 2.75) is 33.2 Å². The Hall–Kier alpha value is -0.793. The molecule has 0 aliphatic carbocycles. The van der Waals surface area contributed by atoms with E-state index in [9.17, 15) is 9.59 Å². The van der Waals surface area contributed by atoms with Gasteiger partial charge in [-0.1, -0.05) is 53.6 Å². The number of nitrogens with one attached hydrogen (secondary N) is 1. The monoisotopic (exact) mass is 389 g/mol. The minimum Gasteiger partial charge on any atom is -0.461 e. The molecule has 0 atom stereocenters. The Labute approximate surface area is 139 Å². The molecule has 0 saturated carbocycles. The Balaban J connectivity index is 2.61. The second-order valence-electron chi connectivity index (χ2n) is 5.87. The van der Waals surface area contributed by atoms with E-state index in [-0.39, 0.29) is 18.5 Å². The maximum absolute atomic E-state index is 12.0. The molecule has 0 spiro atoms. The number of hydrogen-bond acceptors (Lipinski definition) is 4. The van der Waals surface area contributed by atoms with Gasteiger partial charge in [-0.3, -0.25) is 14.3 Å². The zero-order valence-electron chi connectivity index (χ0n) is 12.7. The maximum atomic E-state index is 12.0. The first-order valence-corrected chi connectivity index (χ1v) is 12.0. The molecule has 0 aliphatic heterocycles. The first-order valence-electron chi connectivity index (χ1n) is 6.53. The van der Waals surface area contributed by atoms with Crippen LogP contribution in [0.25, 0.3) is 0 Å². The summed E-state index contributed by atoms with van der Waals surface area (Å²) in [7, 11) is -1.18. The molecule has 7 heteroatoms. The highest BCUT2D eigenvalue weighted by Crippen LogP contribution is 2.20. The van der Waals surface area contributed by atoms with Crippen LogP contribution in [-0.4, -0.2) is 25.3 Å². The van der Waals surface area contributed by atoms with Gasteiger partial charge in [0.15, 0.2) is 0 Å². The fourth-order valence-corrected chi connectivity index (χ4v) is 4.12. The van der Waals surface area contributed by atoms with Crippen LogP contribution in [0, 0.1) is 0 Å². The van der Waals surface area contributed by atoms with Gasteiger partial charge in [-0.25, -0.2) is 0 Å². The van der Waals surface area contributed by atoms with Gasteiger partial charge in [-0.05, 0) is 12.1 Å². The molecule has 0 unspecified atom stereocenters. The summed E-state index contributed by atoms with van der Waals surface area (Å²) in [6.45, 7) is 8.33. The molecule has 0 radical (unpaired) electrons. The van der Waals surface area contributed by atoms with Crippen molar-refractivity contribution in [2.24, 2.45) is 0 Å². The minimum atomic E-state index is -1.18. The number of carbonyl (C=O) groups is 2. The lowest BCUT2D eigenvalue weighted by Crippen LogP contribution is -2.28. The molecule has 21 heavy (non-hydrogen) atoms. The van der Waals surface area contributed by atoms with Crippen molar-refractivity contribution in [3.8, 4) is 0 Å². The molecule has 0 heterocycles. The van der Waals surface area contributed by atoms with Gasteiger partial charge >= 0.3 is 5.97 Å². The number of hydrogen-bond donors (Lipinski definition) is 1. The van der Waals surface area contributed by atoms with Crippen LogP contribution in [0.2, 0.25) is 19.6 Å². The number of halogens is 1. The number of amides is 1. The molecule has 0 aliphatic rings. The molecule has 1 rings (SSSR count). The van der Waals surface area contributed by atoms with E-state index >= 15 is 0 Å². The molecule has 0 bridgehead atoms. The minimum absolute atomic E-state index is 0.113. The Morgan fingerprint density at radius 2 is 2.00 bits per heavy atom. The van der Waals surface area contributed by atoms with Crippen molar-refractivity contribution in [1.29, 1.82) is 0 Å². The van der Waals surface area contributed by atoms with Crippen molar-refractivity contribution in [2.75, 3.05) is 5.38 Å². The van der Waals surface area contributed by atoms with Gasteiger partial charge in [-0.15, -0.1) is 0 Å². The average molecular weight is 390 g/mol. The van der Waals surface area contributed by atoms with Gasteiger partial charge < -0.3 is 4.74 Å². The van der Waals surface area contributed by atoms with E-state index in [1.807, 2.05) is 0 Å². The predicted octanol–water partition coefficient (Wildman–Crippen LogP) is 3.77. The van der Waals surface area contributed by atoms with Gasteiger partial charge in [0.25, 0.3) is 5.91 Å². The fraction of sp³-hybridized carbons (Fsp3) is 0.429. The summed E-state index contributed by atoms with van der Waals surface area (Å²) in [6.07, 6.45) is 0. The maximum Gasteiger partial charge on any atom is 0.302 e. The molecular formula is C14H20BrNO3SSi. The molecular weight excluding hydrogens is 370 g/mol. The number of rotatable bonds is 6. The highest BCUT2D eigenvalue weighted by molar-refractivity contribution is 9.10. The lowest BCUT2D eigenvalue weighted by Gasteiger charge is -2.15. The summed E-state index contributed by atoms with van der Waals surface area (Å²) >= 11 is 4.86. The Bertz CT molecular complexity index is 531. The van der Waals surface area contributed by atoms with Crippen LogP contribution in [0.4, 0.5) is 0 Å². The number of benzene rings is 1. The summed E-state index contributed by atoms with van der Waals surface area (Å²) in [5, 5.41) is 0.977. The van der Waals surface area contributed by atoms with Crippen LogP contribution in [-0.2, 0) is 16.1 Å². The van der Waals surface area contributed by atoms with E-state index in [0.29, 0.717) is 5.56 Å². The van der Waals surface area contributed by atoms with Crippen LogP contribution in [0.15, 0.2) is 22.7 Å². The lowest BCUT2D eigenvalue weighted by atomic mass is 10.1. The molecule has 0 fully saturated rings. The van der Waals surface area contributed by atoms with Crippen LogP contribution >= 0.6 is 27.9 Å². The van der Waals surface area contributed by atoms with E-state index in [2.05, 4.69) is 40.3 Å². The van der Waals surface area contributed by atoms with Gasteiger partial charge in [0.2, 0.25) is 0 Å². The molecule has 4 nitrogen and oxygen atoms in total. The smallest absolute Gasteiger partial charge is 0.302 e. The van der Waals surface area contributed by atoms with Gasteiger partial charge in [0.05, 0.1) is 8.07 Å². The zero-order valence-corrected chi connectivity index (χ0v) is 16.1. The summed E-state index contributed by atoms with van der Waals surface area (Å²) in [6, 6.07) is 5.25. The molecule has 1 amide bonds. The third-order valence-corrected chi connectivity index (χ3v) is 7.53. The van der Waals surface area contributed by atoms with E-state index in [1.165, 1.54) is 18.9 Å². The lowest BCUT2D eigenvalue weighted by molar-refractivity contribution is -0.142. The van der Waals surface area contributed by atoms with Crippen molar-refractivity contribution >= 4 is 47.8 Å². The predicted molar refractivity (Wildman–Crippen MR) is 92.9 cm³/mol. The SMILES string of the molecule is CC(=O)OCc1ccc(C(=O)NSC[Si](C)(C)C)cc1Br. The van der Waals surface area contributed by atoms with E-state index < -0.39 is 8.07 Å². The number of esters is 1. The molecule has 1 aromatic carbocycles. The number of ether oxygens (including phenoxy) is 1. The van der Waals surface area contributed by atoms with Crippen molar-refractivity contribution in [3.63, 3.8) is 0 Å². The third-order valence-electron chi connectivity index (χ3n) is 2.42. The second kappa shape index (κ2) is 8.00. The zero-order chi connectivity index (χ0) is 16.0. The quantitative estimate of drug-likeness (QED) is 0.457. The third kappa shape index (κ3) is 7.15. The first-order chi connectivity index (χ1) is 9.69. The fourth-order valence-electron chi connectivity index (χ4n) is 1.36. The molecule has 0 aromatic heterocycles. The Kier molecular flexibility index (Phi) is 6.96. The first kappa shape index (κ1) is 18.3. The number of carbonyl (C=O) groups excluding carboxylic acids is 2. The summed E-state index contributed by atoms with van der Waals surface area (Å²) in [4.78, 5) is 22.8. The van der Waals surface area contributed by atoms with Crippen LogP contribution < -0.4 is 4.72 Å². The van der Waals surface area contributed by atoms with Crippen LogP contribution in [0.3, 0.4) is 0 Å². The molecule has 0 saturated heterocycles. The van der Waals surface area contributed by atoms with Crippen molar-refractivity contribution in [3.05, 3.63) is 33.8 Å². The van der Waals surface area contributed by atoms with E-state index in [4.69, 9.17) is 4.74 Å².